The summed E-state index contributed by atoms with van der Waals surface area (Å²) < 4.78 is 5.27. The van der Waals surface area contributed by atoms with E-state index in [0.717, 1.165) is 11.4 Å². The van der Waals surface area contributed by atoms with Gasteiger partial charge < -0.3 is 20.3 Å². The van der Waals surface area contributed by atoms with Crippen LogP contribution in [0.4, 0.5) is 17.1 Å². The van der Waals surface area contributed by atoms with E-state index in [9.17, 15) is 4.79 Å². The van der Waals surface area contributed by atoms with E-state index in [1.54, 1.807) is 37.3 Å². The van der Waals surface area contributed by atoms with E-state index in [0.29, 0.717) is 21.6 Å². The number of halogens is 1. The maximum atomic E-state index is 11.4. The molecule has 5 nitrogen and oxygen atoms in total. The molecule has 0 saturated heterocycles. The van der Waals surface area contributed by atoms with Gasteiger partial charge in [-0.05, 0) is 54.7 Å². The minimum absolute atomic E-state index is 0.0269. The van der Waals surface area contributed by atoms with Crippen molar-refractivity contribution in [2.75, 3.05) is 29.7 Å². The largest absolute Gasteiger partial charge is 0.495 e. The number of carbonyl (C=O) groups is 1. The van der Waals surface area contributed by atoms with Crippen LogP contribution >= 0.6 is 23.8 Å². The molecule has 1 amide bonds. The van der Waals surface area contributed by atoms with Crippen molar-refractivity contribution in [1.82, 2.24) is 0 Å². The number of nitrogens with one attached hydrogen (secondary N) is 2. The molecule has 24 heavy (non-hydrogen) atoms. The second kappa shape index (κ2) is 7.99. The molecule has 0 fully saturated rings. The number of ether oxygens (including phenoxy) is 1. The lowest BCUT2D eigenvalue weighted by Gasteiger charge is -2.16. The average molecular weight is 364 g/mol. The van der Waals surface area contributed by atoms with E-state index < -0.39 is 0 Å². The van der Waals surface area contributed by atoms with Crippen molar-refractivity contribution in [2.24, 2.45) is 0 Å². The predicted molar refractivity (Wildman–Crippen MR) is 103 cm³/mol. The number of hydrogen-bond acceptors (Lipinski definition) is 3. The molecule has 0 atom stereocenters. The summed E-state index contributed by atoms with van der Waals surface area (Å²) in [5, 5.41) is 7.11. The van der Waals surface area contributed by atoms with Crippen LogP contribution in [-0.4, -0.2) is 25.2 Å². The summed E-state index contributed by atoms with van der Waals surface area (Å²) in [4.78, 5) is 12.9. The van der Waals surface area contributed by atoms with Crippen molar-refractivity contribution in [3.8, 4) is 5.75 Å². The molecule has 0 bridgehead atoms. The number of anilines is 3. The number of thiocarbonyl (C=S) groups is 1. The molecule has 0 heterocycles. The lowest BCUT2D eigenvalue weighted by Crippen LogP contribution is -2.23. The van der Waals surface area contributed by atoms with Crippen LogP contribution in [0.15, 0.2) is 42.5 Å². The molecule has 0 aliphatic heterocycles. The minimum Gasteiger partial charge on any atom is -0.495 e. The van der Waals surface area contributed by atoms with Crippen LogP contribution in [0, 0.1) is 0 Å². The van der Waals surface area contributed by atoms with Gasteiger partial charge in [-0.2, -0.15) is 0 Å². The van der Waals surface area contributed by atoms with Gasteiger partial charge >= 0.3 is 0 Å². The number of rotatable bonds is 4. The molecule has 2 N–H and O–H groups in total. The molecule has 0 aliphatic carbocycles. The zero-order valence-corrected chi connectivity index (χ0v) is 15.2. The normalized spacial score (nSPS) is 10.0. The maximum Gasteiger partial charge on any atom is 0.223 e. The van der Waals surface area contributed by atoms with Crippen LogP contribution in [0.1, 0.15) is 6.92 Å². The van der Waals surface area contributed by atoms with Gasteiger partial charge in [-0.1, -0.05) is 11.6 Å². The van der Waals surface area contributed by atoms with Gasteiger partial charge in [0.2, 0.25) is 5.91 Å². The molecule has 0 radical (unpaired) electrons. The number of benzene rings is 2. The zero-order valence-electron chi connectivity index (χ0n) is 13.6. The fraction of sp³-hybridized carbons (Fsp3) is 0.176. The SMILES string of the molecule is COc1ccc(Cl)cc1NC(=S)Nc1ccc(N(C)C(C)=O)cc1. The molecule has 0 unspecified atom stereocenters. The van der Waals surface area contributed by atoms with Crippen LogP contribution in [0.2, 0.25) is 5.02 Å². The molecule has 7 heteroatoms. The number of amides is 1. The first-order valence-electron chi connectivity index (χ1n) is 7.16. The Morgan fingerprint density at radius 1 is 1.17 bits per heavy atom. The Labute approximate surface area is 151 Å². The molecule has 0 aromatic heterocycles. The van der Waals surface area contributed by atoms with Crippen LogP contribution in [-0.2, 0) is 4.79 Å². The van der Waals surface area contributed by atoms with Crippen LogP contribution in [0.25, 0.3) is 0 Å². The lowest BCUT2D eigenvalue weighted by atomic mass is 10.2. The van der Waals surface area contributed by atoms with Gasteiger partial charge in [0.25, 0.3) is 0 Å². The van der Waals surface area contributed by atoms with E-state index in [2.05, 4.69) is 10.6 Å². The van der Waals surface area contributed by atoms with E-state index in [1.165, 1.54) is 6.92 Å². The van der Waals surface area contributed by atoms with Crippen LogP contribution < -0.4 is 20.3 Å². The van der Waals surface area contributed by atoms with Crippen LogP contribution in [0.5, 0.6) is 5.75 Å². The molecule has 2 aromatic rings. The molecule has 0 spiro atoms. The van der Waals surface area contributed by atoms with Gasteiger partial charge in [-0.15, -0.1) is 0 Å². The van der Waals surface area contributed by atoms with Gasteiger partial charge in [0, 0.05) is 30.4 Å². The van der Waals surface area contributed by atoms with Crippen molar-refractivity contribution in [2.45, 2.75) is 6.92 Å². The van der Waals surface area contributed by atoms with Gasteiger partial charge in [0.05, 0.1) is 12.8 Å². The van der Waals surface area contributed by atoms with Crippen molar-refractivity contribution in [1.29, 1.82) is 0 Å². The highest BCUT2D eigenvalue weighted by atomic mass is 35.5. The first-order chi connectivity index (χ1) is 11.4. The molecule has 0 aliphatic rings. The minimum atomic E-state index is -0.0269. The van der Waals surface area contributed by atoms with Gasteiger partial charge in [-0.25, -0.2) is 0 Å². The smallest absolute Gasteiger partial charge is 0.223 e. The Morgan fingerprint density at radius 3 is 2.42 bits per heavy atom. The zero-order chi connectivity index (χ0) is 17.7. The summed E-state index contributed by atoms with van der Waals surface area (Å²) in [6.07, 6.45) is 0. The third kappa shape index (κ3) is 4.59. The van der Waals surface area contributed by atoms with E-state index in [-0.39, 0.29) is 5.91 Å². The summed E-state index contributed by atoms with van der Waals surface area (Å²) in [6, 6.07) is 12.6. The second-order valence-corrected chi connectivity index (χ2v) is 5.89. The first kappa shape index (κ1) is 18.0. The summed E-state index contributed by atoms with van der Waals surface area (Å²) >= 11 is 11.3. The molecule has 0 saturated carbocycles. The third-order valence-corrected chi connectivity index (χ3v) is 3.83. The predicted octanol–water partition coefficient (Wildman–Crippen LogP) is 4.14. The summed E-state index contributed by atoms with van der Waals surface area (Å²) in [5.41, 5.74) is 2.29. The van der Waals surface area contributed by atoms with E-state index in [1.807, 2.05) is 24.3 Å². The fourth-order valence-corrected chi connectivity index (χ4v) is 2.41. The number of methoxy groups -OCH3 is 1. The number of hydrogen-bond donors (Lipinski definition) is 2. The second-order valence-electron chi connectivity index (χ2n) is 5.05. The Kier molecular flexibility index (Phi) is 6.00. The Bertz CT molecular complexity index is 750. The monoisotopic (exact) mass is 363 g/mol. The van der Waals surface area contributed by atoms with Crippen molar-refractivity contribution in [3.63, 3.8) is 0 Å². The van der Waals surface area contributed by atoms with Gasteiger partial charge in [0.1, 0.15) is 5.75 Å². The standard InChI is InChI=1S/C17H18ClN3O2S/c1-11(22)21(2)14-7-5-13(6-8-14)19-17(24)20-15-10-12(18)4-9-16(15)23-3/h4-10H,1-3H3,(H2,19,20,24). The number of carbonyl (C=O) groups excluding carboxylic acids is 1. The number of nitrogens with zero attached hydrogens (tertiary/aromatic N) is 1. The van der Waals surface area contributed by atoms with E-state index in [4.69, 9.17) is 28.6 Å². The van der Waals surface area contributed by atoms with E-state index >= 15 is 0 Å². The molecular weight excluding hydrogens is 346 g/mol. The summed E-state index contributed by atoms with van der Waals surface area (Å²) in [7, 11) is 3.30. The molecular formula is C17H18ClN3O2S. The third-order valence-electron chi connectivity index (χ3n) is 3.39. The Morgan fingerprint density at radius 2 is 1.83 bits per heavy atom. The van der Waals surface area contributed by atoms with Gasteiger partial charge in [-0.3, -0.25) is 4.79 Å². The van der Waals surface area contributed by atoms with Gasteiger partial charge in [0.15, 0.2) is 5.11 Å². The molecule has 2 rings (SSSR count). The van der Waals surface area contributed by atoms with Crippen LogP contribution in [0.3, 0.4) is 0 Å². The Hall–Kier alpha value is -2.31. The Balaban J connectivity index is 2.05. The highest BCUT2D eigenvalue weighted by Crippen LogP contribution is 2.28. The lowest BCUT2D eigenvalue weighted by molar-refractivity contribution is -0.116. The quantitative estimate of drug-likeness (QED) is 0.799. The maximum absolute atomic E-state index is 11.4. The topological polar surface area (TPSA) is 53.6 Å². The molecule has 2 aromatic carbocycles. The summed E-state index contributed by atoms with van der Waals surface area (Å²) in [5.74, 6) is 0.614. The van der Waals surface area contributed by atoms with Crippen molar-refractivity contribution >= 4 is 51.9 Å². The highest BCUT2D eigenvalue weighted by Gasteiger charge is 2.08. The highest BCUT2D eigenvalue weighted by molar-refractivity contribution is 7.80. The summed E-state index contributed by atoms with van der Waals surface area (Å²) in [6.45, 7) is 1.52. The average Bonchev–Trinajstić information content (AvgIpc) is 2.55. The van der Waals surface area contributed by atoms with Crippen molar-refractivity contribution < 1.29 is 9.53 Å². The fourth-order valence-electron chi connectivity index (χ4n) is 2.01. The first-order valence-corrected chi connectivity index (χ1v) is 7.95. The van der Waals surface area contributed by atoms with Crippen molar-refractivity contribution in [3.05, 3.63) is 47.5 Å². The molecule has 126 valence electrons.